The zero-order chi connectivity index (χ0) is 23.5. The Morgan fingerprint density at radius 2 is 1.88 bits per heavy atom. The summed E-state index contributed by atoms with van der Waals surface area (Å²) in [6.45, 7) is 0.0592. The minimum Gasteiger partial charge on any atom is -0.497 e. The average molecular weight is 469 g/mol. The molecule has 2 heterocycles. The van der Waals surface area contributed by atoms with E-state index in [9.17, 15) is 14.4 Å². The first-order chi connectivity index (χ1) is 15.9. The number of Topliss-reactive ketones (excluding diaryl/α,β-unsaturated/α-hetero) is 1. The van der Waals surface area contributed by atoms with E-state index in [0.29, 0.717) is 22.0 Å². The molecule has 0 atom stereocenters. The summed E-state index contributed by atoms with van der Waals surface area (Å²) in [6.07, 6.45) is 1.38. The van der Waals surface area contributed by atoms with E-state index in [0.717, 1.165) is 4.57 Å². The number of carbonyl (C=O) groups is 1. The van der Waals surface area contributed by atoms with Gasteiger partial charge in [0, 0.05) is 17.7 Å². The molecule has 0 spiro atoms. The van der Waals surface area contributed by atoms with Crippen LogP contribution >= 0.6 is 11.6 Å². The van der Waals surface area contributed by atoms with Gasteiger partial charge in [0.1, 0.15) is 5.75 Å². The number of halogens is 1. The SMILES string of the molecule is COCCn1c(=O)c2c(ncn2CC(=O)c2cccc(OC)c2)n(-c2cccc(Cl)c2)c1=O. The van der Waals surface area contributed by atoms with Crippen molar-refractivity contribution in [3.8, 4) is 11.4 Å². The summed E-state index contributed by atoms with van der Waals surface area (Å²) in [5.41, 5.74) is 0.0193. The molecule has 0 aliphatic carbocycles. The van der Waals surface area contributed by atoms with E-state index < -0.39 is 11.2 Å². The van der Waals surface area contributed by atoms with E-state index in [4.69, 9.17) is 21.1 Å². The normalized spacial score (nSPS) is 11.1. The Morgan fingerprint density at radius 3 is 2.61 bits per heavy atom. The molecule has 0 N–H and O–H groups in total. The Kier molecular flexibility index (Phi) is 6.43. The number of benzene rings is 2. The van der Waals surface area contributed by atoms with Crippen LogP contribution in [0.3, 0.4) is 0 Å². The summed E-state index contributed by atoms with van der Waals surface area (Å²) in [5.74, 6) is 0.310. The third-order valence-corrected chi connectivity index (χ3v) is 5.43. The summed E-state index contributed by atoms with van der Waals surface area (Å²) in [7, 11) is 3.00. The monoisotopic (exact) mass is 468 g/mol. The van der Waals surface area contributed by atoms with Gasteiger partial charge >= 0.3 is 5.69 Å². The van der Waals surface area contributed by atoms with Crippen molar-refractivity contribution >= 4 is 28.5 Å². The zero-order valence-corrected chi connectivity index (χ0v) is 18.8. The summed E-state index contributed by atoms with van der Waals surface area (Å²) in [4.78, 5) is 43.8. The van der Waals surface area contributed by atoms with Crippen LogP contribution in [0.1, 0.15) is 10.4 Å². The molecule has 33 heavy (non-hydrogen) atoms. The molecule has 170 valence electrons. The van der Waals surface area contributed by atoms with Crippen LogP contribution in [0.25, 0.3) is 16.9 Å². The summed E-state index contributed by atoms with van der Waals surface area (Å²) in [6, 6.07) is 13.4. The van der Waals surface area contributed by atoms with E-state index in [1.54, 1.807) is 48.5 Å². The largest absolute Gasteiger partial charge is 0.497 e. The number of ether oxygens (including phenoxy) is 2. The molecule has 4 rings (SSSR count). The molecule has 0 saturated carbocycles. The van der Waals surface area contributed by atoms with Crippen LogP contribution in [0.2, 0.25) is 5.02 Å². The highest BCUT2D eigenvalue weighted by Gasteiger charge is 2.21. The van der Waals surface area contributed by atoms with Gasteiger partial charge in [-0.25, -0.2) is 14.3 Å². The van der Waals surface area contributed by atoms with Gasteiger partial charge in [0.05, 0.1) is 38.8 Å². The molecule has 0 saturated heterocycles. The van der Waals surface area contributed by atoms with Gasteiger partial charge in [0.2, 0.25) is 0 Å². The van der Waals surface area contributed by atoms with Crippen LogP contribution in [-0.2, 0) is 17.8 Å². The van der Waals surface area contributed by atoms with Crippen molar-refractivity contribution in [2.24, 2.45) is 0 Å². The highest BCUT2D eigenvalue weighted by Crippen LogP contribution is 2.18. The molecule has 0 aliphatic heterocycles. The van der Waals surface area contributed by atoms with Crippen molar-refractivity contribution in [3.05, 3.63) is 86.3 Å². The number of hydrogen-bond donors (Lipinski definition) is 0. The molecule has 10 heteroatoms. The Morgan fingerprint density at radius 1 is 1.09 bits per heavy atom. The third kappa shape index (κ3) is 4.33. The zero-order valence-electron chi connectivity index (χ0n) is 18.0. The molecule has 4 aromatic rings. The van der Waals surface area contributed by atoms with Crippen molar-refractivity contribution in [3.63, 3.8) is 0 Å². The summed E-state index contributed by atoms with van der Waals surface area (Å²) < 4.78 is 14.1. The molecule has 0 radical (unpaired) electrons. The maximum Gasteiger partial charge on any atom is 0.337 e. The van der Waals surface area contributed by atoms with Crippen molar-refractivity contribution < 1.29 is 14.3 Å². The second-order valence-corrected chi connectivity index (χ2v) is 7.68. The first kappa shape index (κ1) is 22.5. The molecule has 2 aromatic carbocycles. The van der Waals surface area contributed by atoms with Gasteiger partial charge in [0.25, 0.3) is 5.56 Å². The molecule has 0 fully saturated rings. The number of methoxy groups -OCH3 is 2. The van der Waals surface area contributed by atoms with Crippen LogP contribution < -0.4 is 16.0 Å². The lowest BCUT2D eigenvalue weighted by atomic mass is 10.1. The fourth-order valence-electron chi connectivity index (χ4n) is 3.57. The molecule has 0 bridgehead atoms. The second kappa shape index (κ2) is 9.43. The standard InChI is InChI=1S/C23H21ClN4O5/c1-32-10-9-27-22(30)20-21(28(23(27)31)17-7-4-6-16(24)12-17)25-14-26(20)13-19(29)15-5-3-8-18(11-15)33-2/h3-8,11-12,14H,9-10,13H2,1-2H3. The highest BCUT2D eigenvalue weighted by atomic mass is 35.5. The number of hydrogen-bond acceptors (Lipinski definition) is 6. The van der Waals surface area contributed by atoms with Gasteiger partial charge in [-0.3, -0.25) is 14.2 Å². The number of rotatable bonds is 8. The van der Waals surface area contributed by atoms with Gasteiger partial charge in [-0.05, 0) is 30.3 Å². The fraction of sp³-hybridized carbons (Fsp3) is 0.217. The summed E-state index contributed by atoms with van der Waals surface area (Å²) in [5, 5.41) is 0.426. The maximum absolute atomic E-state index is 13.3. The first-order valence-corrected chi connectivity index (χ1v) is 10.4. The Bertz CT molecular complexity index is 1450. The Hall–Kier alpha value is -3.69. The van der Waals surface area contributed by atoms with Crippen LogP contribution in [0.5, 0.6) is 5.75 Å². The van der Waals surface area contributed by atoms with Gasteiger partial charge in [-0.1, -0.05) is 29.8 Å². The first-order valence-electron chi connectivity index (χ1n) is 10.1. The van der Waals surface area contributed by atoms with Gasteiger partial charge in [-0.15, -0.1) is 0 Å². The highest BCUT2D eigenvalue weighted by molar-refractivity contribution is 6.30. The van der Waals surface area contributed by atoms with Crippen LogP contribution in [0.4, 0.5) is 0 Å². The number of ketones is 1. The smallest absolute Gasteiger partial charge is 0.337 e. The topological polar surface area (TPSA) is 97.3 Å². The minimum absolute atomic E-state index is 0.0414. The molecule has 2 aromatic heterocycles. The van der Waals surface area contributed by atoms with E-state index in [2.05, 4.69) is 4.98 Å². The van der Waals surface area contributed by atoms with E-state index in [1.165, 1.54) is 29.7 Å². The molecule has 0 aliphatic rings. The van der Waals surface area contributed by atoms with Crippen LogP contribution in [0, 0.1) is 0 Å². The molecular weight excluding hydrogens is 448 g/mol. The lowest BCUT2D eigenvalue weighted by molar-refractivity contribution is 0.0973. The fourth-order valence-corrected chi connectivity index (χ4v) is 3.75. The molecule has 0 amide bonds. The number of carbonyl (C=O) groups excluding carboxylic acids is 1. The summed E-state index contributed by atoms with van der Waals surface area (Å²) >= 11 is 6.14. The van der Waals surface area contributed by atoms with E-state index >= 15 is 0 Å². The Labute approximate surface area is 193 Å². The average Bonchev–Trinajstić information content (AvgIpc) is 3.22. The minimum atomic E-state index is -0.573. The van der Waals surface area contributed by atoms with E-state index in [-0.39, 0.29) is 36.6 Å². The molecule has 9 nitrogen and oxygen atoms in total. The second-order valence-electron chi connectivity index (χ2n) is 7.25. The van der Waals surface area contributed by atoms with Crippen molar-refractivity contribution in [1.29, 1.82) is 0 Å². The van der Waals surface area contributed by atoms with Crippen molar-refractivity contribution in [1.82, 2.24) is 18.7 Å². The number of nitrogens with zero attached hydrogens (tertiary/aromatic N) is 4. The number of fused-ring (bicyclic) bond motifs is 1. The quantitative estimate of drug-likeness (QED) is 0.369. The van der Waals surface area contributed by atoms with Crippen LogP contribution in [0.15, 0.2) is 64.4 Å². The molecule has 0 unspecified atom stereocenters. The van der Waals surface area contributed by atoms with Crippen molar-refractivity contribution in [2.75, 3.05) is 20.8 Å². The lowest BCUT2D eigenvalue weighted by Crippen LogP contribution is -2.41. The number of imidazole rings is 1. The predicted molar refractivity (Wildman–Crippen MR) is 124 cm³/mol. The lowest BCUT2D eigenvalue weighted by Gasteiger charge is -2.13. The van der Waals surface area contributed by atoms with Crippen LogP contribution in [-0.4, -0.2) is 45.3 Å². The number of aromatic nitrogens is 4. The Balaban J connectivity index is 1.89. The molecular formula is C23H21ClN4O5. The van der Waals surface area contributed by atoms with E-state index in [1.807, 2.05) is 0 Å². The van der Waals surface area contributed by atoms with Gasteiger partial charge in [-0.2, -0.15) is 0 Å². The van der Waals surface area contributed by atoms with Crippen molar-refractivity contribution in [2.45, 2.75) is 13.1 Å². The predicted octanol–water partition coefficient (Wildman–Crippen LogP) is 2.54. The van der Waals surface area contributed by atoms with Gasteiger partial charge < -0.3 is 14.0 Å². The van der Waals surface area contributed by atoms with Gasteiger partial charge in [0.15, 0.2) is 16.9 Å². The maximum atomic E-state index is 13.3. The third-order valence-electron chi connectivity index (χ3n) is 5.19.